The highest BCUT2D eigenvalue weighted by atomic mass is 16.5. The highest BCUT2D eigenvalue weighted by Gasteiger charge is 2.22. The first-order valence-corrected chi connectivity index (χ1v) is 5.15. The molecule has 1 atom stereocenters. The van der Waals surface area contributed by atoms with E-state index in [2.05, 4.69) is 0 Å². The Balaban J connectivity index is 2.52. The molecule has 82 valence electrons. The number of aliphatic hydroxyl groups is 1. The molecule has 3 nitrogen and oxygen atoms in total. The van der Waals surface area contributed by atoms with E-state index < -0.39 is 0 Å². The Labute approximate surface area is 89.6 Å². The van der Waals surface area contributed by atoms with Crippen molar-refractivity contribution in [1.82, 2.24) is 0 Å². The molecule has 0 saturated carbocycles. The van der Waals surface area contributed by atoms with E-state index in [0.717, 1.165) is 11.3 Å². The number of hydrogen-bond acceptors (Lipinski definition) is 3. The Morgan fingerprint density at radius 2 is 2.27 bits per heavy atom. The van der Waals surface area contributed by atoms with Crippen LogP contribution in [0.2, 0.25) is 0 Å². The third kappa shape index (κ3) is 1.73. The molecule has 1 aromatic rings. The summed E-state index contributed by atoms with van der Waals surface area (Å²) in [5.74, 6) is 0.942. The Morgan fingerprint density at radius 3 is 2.93 bits per heavy atom. The van der Waals surface area contributed by atoms with Gasteiger partial charge in [0.05, 0.1) is 20.3 Å². The van der Waals surface area contributed by atoms with Crippen molar-refractivity contribution in [3.63, 3.8) is 0 Å². The van der Waals surface area contributed by atoms with Gasteiger partial charge in [0.15, 0.2) is 0 Å². The van der Waals surface area contributed by atoms with Crippen molar-refractivity contribution in [1.29, 1.82) is 0 Å². The summed E-state index contributed by atoms with van der Waals surface area (Å²) in [4.78, 5) is 0. The van der Waals surface area contributed by atoms with Crippen LogP contribution in [-0.4, -0.2) is 18.8 Å². The molecular formula is C12H16O3. The maximum atomic E-state index is 9.24. The molecule has 2 rings (SSSR count). The maximum absolute atomic E-state index is 9.24. The molecule has 0 amide bonds. The van der Waals surface area contributed by atoms with Gasteiger partial charge in [0.2, 0.25) is 0 Å². The minimum Gasteiger partial charge on any atom is -0.496 e. The van der Waals surface area contributed by atoms with Gasteiger partial charge in [-0.15, -0.1) is 0 Å². The first-order chi connectivity index (χ1) is 7.27. The van der Waals surface area contributed by atoms with Gasteiger partial charge in [-0.1, -0.05) is 13.0 Å². The first-order valence-electron chi connectivity index (χ1n) is 5.15. The van der Waals surface area contributed by atoms with Gasteiger partial charge in [0.25, 0.3) is 0 Å². The summed E-state index contributed by atoms with van der Waals surface area (Å²) in [5.41, 5.74) is 3.50. The second-order valence-electron chi connectivity index (χ2n) is 3.90. The van der Waals surface area contributed by atoms with Crippen LogP contribution < -0.4 is 4.74 Å². The zero-order valence-corrected chi connectivity index (χ0v) is 9.12. The Bertz CT molecular complexity index is 360. The van der Waals surface area contributed by atoms with E-state index in [1.165, 1.54) is 11.1 Å². The van der Waals surface area contributed by atoms with Crippen molar-refractivity contribution in [3.8, 4) is 5.75 Å². The predicted octanol–water partition coefficient (Wildman–Crippen LogP) is 1.82. The van der Waals surface area contributed by atoms with Gasteiger partial charge in [-0.2, -0.15) is 0 Å². The van der Waals surface area contributed by atoms with Gasteiger partial charge in [0, 0.05) is 18.1 Å². The van der Waals surface area contributed by atoms with Crippen LogP contribution in [0.1, 0.15) is 29.5 Å². The van der Waals surface area contributed by atoms with Gasteiger partial charge >= 0.3 is 0 Å². The molecule has 0 fully saturated rings. The second-order valence-corrected chi connectivity index (χ2v) is 3.90. The van der Waals surface area contributed by atoms with Crippen LogP contribution in [0.15, 0.2) is 12.1 Å². The molecule has 1 unspecified atom stereocenters. The summed E-state index contributed by atoms with van der Waals surface area (Å²) < 4.78 is 10.7. The molecule has 3 heteroatoms. The third-order valence-corrected chi connectivity index (χ3v) is 2.90. The highest BCUT2D eigenvalue weighted by molar-refractivity contribution is 5.48. The van der Waals surface area contributed by atoms with E-state index in [-0.39, 0.29) is 12.5 Å². The van der Waals surface area contributed by atoms with E-state index in [4.69, 9.17) is 9.47 Å². The van der Waals surface area contributed by atoms with Gasteiger partial charge in [0.1, 0.15) is 5.75 Å². The van der Waals surface area contributed by atoms with Crippen LogP contribution in [0.4, 0.5) is 0 Å². The van der Waals surface area contributed by atoms with Crippen LogP contribution in [0, 0.1) is 0 Å². The standard InChI is InChI=1S/C12H16O3/c1-8(5-13)12-10-7-15-6-9(10)3-4-11(12)14-2/h3-4,8,13H,5-7H2,1-2H3. The predicted molar refractivity (Wildman–Crippen MR) is 57.0 cm³/mol. The molecular weight excluding hydrogens is 192 g/mol. The average molecular weight is 208 g/mol. The lowest BCUT2D eigenvalue weighted by molar-refractivity contribution is 0.134. The fourth-order valence-electron chi connectivity index (χ4n) is 2.07. The number of benzene rings is 1. The minimum atomic E-state index is 0.0941. The summed E-state index contributed by atoms with van der Waals surface area (Å²) in [6.07, 6.45) is 0. The number of aliphatic hydroxyl groups excluding tert-OH is 1. The van der Waals surface area contributed by atoms with E-state index >= 15 is 0 Å². The molecule has 1 aliphatic rings. The normalized spacial score (nSPS) is 16.2. The zero-order chi connectivity index (χ0) is 10.8. The highest BCUT2D eigenvalue weighted by Crippen LogP contribution is 2.35. The number of rotatable bonds is 3. The molecule has 1 N–H and O–H groups in total. The fourth-order valence-corrected chi connectivity index (χ4v) is 2.07. The molecule has 1 aromatic carbocycles. The topological polar surface area (TPSA) is 38.7 Å². The number of hydrogen-bond donors (Lipinski definition) is 1. The van der Waals surface area contributed by atoms with Crippen molar-refractivity contribution in [3.05, 3.63) is 28.8 Å². The lowest BCUT2D eigenvalue weighted by atomic mass is 9.93. The van der Waals surface area contributed by atoms with E-state index in [9.17, 15) is 5.11 Å². The lowest BCUT2D eigenvalue weighted by Gasteiger charge is -2.17. The van der Waals surface area contributed by atoms with Crippen LogP contribution in [0.3, 0.4) is 0 Å². The third-order valence-electron chi connectivity index (χ3n) is 2.90. The molecule has 1 aliphatic heterocycles. The van der Waals surface area contributed by atoms with Gasteiger partial charge in [-0.3, -0.25) is 0 Å². The Morgan fingerprint density at radius 1 is 1.47 bits per heavy atom. The Kier molecular flexibility index (Phi) is 2.93. The van der Waals surface area contributed by atoms with E-state index in [1.807, 2.05) is 19.1 Å². The Hall–Kier alpha value is -1.06. The molecule has 0 saturated heterocycles. The van der Waals surface area contributed by atoms with Crippen molar-refractivity contribution in [2.45, 2.75) is 26.1 Å². The fraction of sp³-hybridized carbons (Fsp3) is 0.500. The summed E-state index contributed by atoms with van der Waals surface area (Å²) >= 11 is 0. The molecule has 0 spiro atoms. The monoisotopic (exact) mass is 208 g/mol. The largest absolute Gasteiger partial charge is 0.496 e. The van der Waals surface area contributed by atoms with E-state index in [1.54, 1.807) is 7.11 Å². The number of methoxy groups -OCH3 is 1. The van der Waals surface area contributed by atoms with Crippen LogP contribution in [0.5, 0.6) is 5.75 Å². The van der Waals surface area contributed by atoms with Gasteiger partial charge in [-0.05, 0) is 17.2 Å². The number of fused-ring (bicyclic) bond motifs is 1. The summed E-state index contributed by atoms with van der Waals surface area (Å²) in [6, 6.07) is 3.99. The van der Waals surface area contributed by atoms with Crippen molar-refractivity contribution < 1.29 is 14.6 Å². The van der Waals surface area contributed by atoms with Crippen LogP contribution in [-0.2, 0) is 18.0 Å². The first kappa shape index (κ1) is 10.5. The molecule has 0 radical (unpaired) electrons. The summed E-state index contributed by atoms with van der Waals surface area (Å²) in [6.45, 7) is 3.43. The minimum absolute atomic E-state index is 0.0941. The maximum Gasteiger partial charge on any atom is 0.122 e. The SMILES string of the molecule is COc1ccc2c(c1C(C)CO)COC2. The molecule has 15 heavy (non-hydrogen) atoms. The van der Waals surface area contributed by atoms with Crippen LogP contribution >= 0.6 is 0 Å². The average Bonchev–Trinajstić information content (AvgIpc) is 2.74. The van der Waals surface area contributed by atoms with Crippen LogP contribution in [0.25, 0.3) is 0 Å². The molecule has 0 aromatic heterocycles. The lowest BCUT2D eigenvalue weighted by Crippen LogP contribution is -2.06. The smallest absolute Gasteiger partial charge is 0.122 e. The van der Waals surface area contributed by atoms with Crippen molar-refractivity contribution in [2.24, 2.45) is 0 Å². The summed E-state index contributed by atoms with van der Waals surface area (Å²) in [5, 5.41) is 9.24. The zero-order valence-electron chi connectivity index (χ0n) is 9.12. The van der Waals surface area contributed by atoms with Gasteiger partial charge < -0.3 is 14.6 Å². The van der Waals surface area contributed by atoms with E-state index in [0.29, 0.717) is 13.2 Å². The molecule has 1 heterocycles. The second kappa shape index (κ2) is 4.21. The summed E-state index contributed by atoms with van der Waals surface area (Å²) in [7, 11) is 1.66. The number of ether oxygens (including phenoxy) is 2. The quantitative estimate of drug-likeness (QED) is 0.823. The van der Waals surface area contributed by atoms with Crippen molar-refractivity contribution >= 4 is 0 Å². The van der Waals surface area contributed by atoms with Gasteiger partial charge in [-0.25, -0.2) is 0 Å². The molecule has 0 bridgehead atoms. The molecule has 0 aliphatic carbocycles. The van der Waals surface area contributed by atoms with Crippen molar-refractivity contribution in [2.75, 3.05) is 13.7 Å².